The molecule has 0 aromatic heterocycles. The number of carbonyl (C=O) groups is 3. The molecule has 0 radical (unpaired) electrons. The van der Waals surface area contributed by atoms with Crippen molar-refractivity contribution >= 4 is 23.3 Å². The van der Waals surface area contributed by atoms with E-state index in [1.54, 1.807) is 31.2 Å². The predicted octanol–water partition coefficient (Wildman–Crippen LogP) is 2.12. The molecule has 0 saturated carbocycles. The quantitative estimate of drug-likeness (QED) is 0.542. The highest BCUT2D eigenvalue weighted by Gasteiger charge is 2.32. The molecule has 1 aromatic rings. The molecule has 0 N–H and O–H groups in total. The summed E-state index contributed by atoms with van der Waals surface area (Å²) in [6, 6.07) is 5.55. The lowest BCUT2D eigenvalue weighted by Gasteiger charge is -2.29. The van der Waals surface area contributed by atoms with Crippen molar-refractivity contribution in [1.82, 2.24) is 0 Å². The smallest absolute Gasteiger partial charge is 0.329 e. The normalized spacial score (nSPS) is 11.3. The van der Waals surface area contributed by atoms with Crippen LogP contribution in [0, 0.1) is 0 Å². The topological polar surface area (TPSA) is 72.9 Å². The first kappa shape index (κ1) is 18.4. The van der Waals surface area contributed by atoms with E-state index in [4.69, 9.17) is 9.47 Å². The van der Waals surface area contributed by atoms with E-state index in [1.165, 1.54) is 18.9 Å². The molecule has 6 nitrogen and oxygen atoms in total. The van der Waals surface area contributed by atoms with Gasteiger partial charge in [-0.3, -0.25) is 14.5 Å². The Morgan fingerprint density at radius 3 is 2.30 bits per heavy atom. The largest absolute Gasteiger partial charge is 0.497 e. The van der Waals surface area contributed by atoms with E-state index in [2.05, 4.69) is 6.58 Å². The number of hydrogen-bond donors (Lipinski definition) is 0. The van der Waals surface area contributed by atoms with Crippen LogP contribution in [0.15, 0.2) is 36.9 Å². The summed E-state index contributed by atoms with van der Waals surface area (Å²) in [5.74, 6) is -0.736. The van der Waals surface area contributed by atoms with Gasteiger partial charge in [-0.2, -0.15) is 0 Å². The summed E-state index contributed by atoms with van der Waals surface area (Å²) in [5.41, 5.74) is 0.454. The first-order valence-corrected chi connectivity index (χ1v) is 7.20. The van der Waals surface area contributed by atoms with Crippen LogP contribution in [0.1, 0.15) is 20.3 Å². The second-order valence-corrected chi connectivity index (χ2v) is 4.78. The number of rotatable bonds is 8. The SMILES string of the molecule is C=CC(=O)N(c1ccc(OC)cc1)[C@@H](CC(C)=O)C(=O)OCC. The lowest BCUT2D eigenvalue weighted by molar-refractivity contribution is -0.146. The summed E-state index contributed by atoms with van der Waals surface area (Å²) < 4.78 is 10.1. The molecule has 0 heterocycles. The molecule has 1 amide bonds. The molecule has 0 spiro atoms. The van der Waals surface area contributed by atoms with E-state index in [-0.39, 0.29) is 18.8 Å². The lowest BCUT2D eigenvalue weighted by atomic mass is 10.1. The Morgan fingerprint density at radius 1 is 1.26 bits per heavy atom. The number of Topliss-reactive ketones (excluding diaryl/α,β-unsaturated/α-hetero) is 1. The van der Waals surface area contributed by atoms with Gasteiger partial charge in [-0.25, -0.2) is 4.79 Å². The molecular formula is C17H21NO5. The van der Waals surface area contributed by atoms with Crippen molar-refractivity contribution in [3.8, 4) is 5.75 Å². The Hall–Kier alpha value is -2.63. The summed E-state index contributed by atoms with van der Waals surface area (Å²) in [7, 11) is 1.53. The number of ether oxygens (including phenoxy) is 2. The van der Waals surface area contributed by atoms with Gasteiger partial charge in [0.25, 0.3) is 5.91 Å². The van der Waals surface area contributed by atoms with Gasteiger partial charge in [-0.1, -0.05) is 6.58 Å². The van der Waals surface area contributed by atoms with Gasteiger partial charge >= 0.3 is 5.97 Å². The predicted molar refractivity (Wildman–Crippen MR) is 86.4 cm³/mol. The fraction of sp³-hybridized carbons (Fsp3) is 0.353. The van der Waals surface area contributed by atoms with Crippen LogP contribution in [0.2, 0.25) is 0 Å². The maximum Gasteiger partial charge on any atom is 0.329 e. The van der Waals surface area contributed by atoms with Gasteiger partial charge in [-0.15, -0.1) is 0 Å². The average molecular weight is 319 g/mol. The highest BCUT2D eigenvalue weighted by Crippen LogP contribution is 2.23. The zero-order chi connectivity index (χ0) is 17.4. The van der Waals surface area contributed by atoms with Crippen molar-refractivity contribution in [3.05, 3.63) is 36.9 Å². The minimum absolute atomic E-state index is 0.134. The molecule has 1 aromatic carbocycles. The van der Waals surface area contributed by atoms with Crippen LogP contribution >= 0.6 is 0 Å². The first-order valence-electron chi connectivity index (χ1n) is 7.20. The minimum Gasteiger partial charge on any atom is -0.497 e. The number of carbonyl (C=O) groups excluding carboxylic acids is 3. The second kappa shape index (κ2) is 8.73. The Labute approximate surface area is 135 Å². The maximum absolute atomic E-state index is 12.3. The van der Waals surface area contributed by atoms with Gasteiger partial charge in [0, 0.05) is 12.1 Å². The van der Waals surface area contributed by atoms with Gasteiger partial charge in [0.05, 0.1) is 13.7 Å². The summed E-state index contributed by atoms with van der Waals surface area (Å²) in [6.07, 6.45) is 0.959. The molecule has 0 unspecified atom stereocenters. The van der Waals surface area contributed by atoms with E-state index in [0.717, 1.165) is 6.08 Å². The second-order valence-electron chi connectivity index (χ2n) is 4.78. The lowest BCUT2D eigenvalue weighted by Crippen LogP contribution is -2.46. The molecule has 124 valence electrons. The van der Waals surface area contributed by atoms with Crippen LogP contribution in [0.4, 0.5) is 5.69 Å². The summed E-state index contributed by atoms with van der Waals surface area (Å²) in [5, 5.41) is 0. The third-order valence-corrected chi connectivity index (χ3v) is 3.11. The highest BCUT2D eigenvalue weighted by atomic mass is 16.5. The number of anilines is 1. The monoisotopic (exact) mass is 319 g/mol. The van der Waals surface area contributed by atoms with Crippen LogP contribution < -0.4 is 9.64 Å². The van der Waals surface area contributed by atoms with Gasteiger partial charge in [0.15, 0.2) is 0 Å². The fourth-order valence-electron chi connectivity index (χ4n) is 2.09. The van der Waals surface area contributed by atoms with Crippen molar-refractivity contribution in [3.63, 3.8) is 0 Å². The number of benzene rings is 1. The summed E-state index contributed by atoms with van der Waals surface area (Å²) in [6.45, 7) is 6.63. The Bertz CT molecular complexity index is 579. The van der Waals surface area contributed by atoms with Crippen LogP contribution in [0.25, 0.3) is 0 Å². The Balaban J connectivity index is 3.27. The Morgan fingerprint density at radius 2 is 1.87 bits per heavy atom. The Kier molecular flexibility index (Phi) is 6.99. The van der Waals surface area contributed by atoms with Gasteiger partial charge < -0.3 is 9.47 Å². The average Bonchev–Trinajstić information content (AvgIpc) is 2.54. The zero-order valence-corrected chi connectivity index (χ0v) is 13.6. The third-order valence-electron chi connectivity index (χ3n) is 3.11. The number of nitrogens with zero attached hydrogens (tertiary/aromatic N) is 1. The molecule has 0 bridgehead atoms. The van der Waals surface area contributed by atoms with Crippen molar-refractivity contribution in [2.75, 3.05) is 18.6 Å². The molecule has 0 saturated heterocycles. The molecule has 1 rings (SSSR count). The summed E-state index contributed by atoms with van der Waals surface area (Å²) >= 11 is 0. The molecule has 0 aliphatic carbocycles. The molecule has 6 heteroatoms. The number of hydrogen-bond acceptors (Lipinski definition) is 5. The van der Waals surface area contributed by atoms with Crippen LogP contribution in [-0.2, 0) is 19.1 Å². The molecule has 0 aliphatic rings. The van der Waals surface area contributed by atoms with E-state index >= 15 is 0 Å². The number of ketones is 1. The fourth-order valence-corrected chi connectivity index (χ4v) is 2.09. The van der Waals surface area contributed by atoms with Gasteiger partial charge in [0.2, 0.25) is 0 Å². The molecule has 0 aliphatic heterocycles. The van der Waals surface area contributed by atoms with Crippen molar-refractivity contribution in [2.45, 2.75) is 26.3 Å². The minimum atomic E-state index is -1.04. The molecular weight excluding hydrogens is 298 g/mol. The van der Waals surface area contributed by atoms with E-state index in [9.17, 15) is 14.4 Å². The van der Waals surface area contributed by atoms with Gasteiger partial charge in [-0.05, 0) is 44.2 Å². The van der Waals surface area contributed by atoms with Crippen LogP contribution in [0.3, 0.4) is 0 Å². The van der Waals surface area contributed by atoms with E-state index in [0.29, 0.717) is 11.4 Å². The van der Waals surface area contributed by atoms with Crippen LogP contribution in [0.5, 0.6) is 5.75 Å². The number of methoxy groups -OCH3 is 1. The molecule has 23 heavy (non-hydrogen) atoms. The zero-order valence-electron chi connectivity index (χ0n) is 13.6. The third kappa shape index (κ3) is 4.95. The van der Waals surface area contributed by atoms with Crippen molar-refractivity contribution in [1.29, 1.82) is 0 Å². The van der Waals surface area contributed by atoms with Crippen molar-refractivity contribution in [2.24, 2.45) is 0 Å². The molecule has 1 atom stereocenters. The maximum atomic E-state index is 12.3. The highest BCUT2D eigenvalue weighted by molar-refractivity contribution is 6.06. The van der Waals surface area contributed by atoms with E-state index in [1.807, 2.05) is 0 Å². The van der Waals surface area contributed by atoms with E-state index < -0.39 is 17.9 Å². The molecule has 0 fully saturated rings. The number of esters is 1. The standard InChI is InChI=1S/C17H21NO5/c1-5-16(20)18(13-7-9-14(22-4)10-8-13)15(11-12(3)19)17(21)23-6-2/h5,7-10,15H,1,6,11H2,2-4H3/t15-/m0/s1. The number of amides is 1. The first-order chi connectivity index (χ1) is 10.9. The van der Waals surface area contributed by atoms with Gasteiger partial charge in [0.1, 0.15) is 17.6 Å². The van der Waals surface area contributed by atoms with Crippen molar-refractivity contribution < 1.29 is 23.9 Å². The van der Waals surface area contributed by atoms with Crippen LogP contribution in [-0.4, -0.2) is 37.4 Å². The summed E-state index contributed by atoms with van der Waals surface area (Å²) in [4.78, 5) is 37.2.